The number of nitrogens with zero attached hydrogens (tertiary/aromatic N) is 5. The lowest BCUT2D eigenvalue weighted by molar-refractivity contribution is 0.107. The highest BCUT2D eigenvalue weighted by atomic mass is 35.5. The summed E-state index contributed by atoms with van der Waals surface area (Å²) in [6.07, 6.45) is 6.04. The van der Waals surface area contributed by atoms with Crippen LogP contribution in [0.25, 0.3) is 32.2 Å². The van der Waals surface area contributed by atoms with Gasteiger partial charge in [-0.15, -0.1) is 0 Å². The number of hydrogen-bond acceptors (Lipinski definition) is 8. The maximum absolute atomic E-state index is 16.8. The standard InChI is InChI=1S/C31H32ClF3N6OS/c32-21-10-20-25(24(35)23(21)19-6-7-22(34)27-26(19)37-29(36)43-27)38-30(42-15-31-8-1-9-41(31)14-18(33)11-31)39-28(20)40-12-16-2-3-17(13-40)5-4-16/h6-7,10,16-18H,1-5,8-9,11-15H2,(H2,36,37)/t16?,17?,18-,31+/m1/s1. The van der Waals surface area contributed by atoms with Gasteiger partial charge in [0.1, 0.15) is 29.9 Å². The van der Waals surface area contributed by atoms with Gasteiger partial charge in [-0.05, 0) is 75.1 Å². The van der Waals surface area contributed by atoms with Crippen molar-refractivity contribution in [2.75, 3.05) is 43.4 Å². The number of benzene rings is 2. The van der Waals surface area contributed by atoms with Gasteiger partial charge in [-0.2, -0.15) is 9.97 Å². The van der Waals surface area contributed by atoms with Crippen LogP contribution in [0.1, 0.15) is 44.9 Å². The summed E-state index contributed by atoms with van der Waals surface area (Å²) in [6.45, 7) is 3.13. The summed E-state index contributed by atoms with van der Waals surface area (Å²) >= 11 is 7.83. The Morgan fingerprint density at radius 1 is 1.05 bits per heavy atom. The molecule has 1 aliphatic carbocycles. The van der Waals surface area contributed by atoms with Gasteiger partial charge in [0.15, 0.2) is 10.9 Å². The molecule has 7 nitrogen and oxygen atoms in total. The molecule has 1 saturated carbocycles. The molecule has 4 aliphatic heterocycles. The summed E-state index contributed by atoms with van der Waals surface area (Å²) in [7, 11) is 0. The van der Waals surface area contributed by atoms with Crippen LogP contribution in [0.4, 0.5) is 24.1 Å². The highest BCUT2D eigenvalue weighted by Gasteiger charge is 2.49. The smallest absolute Gasteiger partial charge is 0.319 e. The Labute approximate surface area is 256 Å². The van der Waals surface area contributed by atoms with Crippen LogP contribution < -0.4 is 15.4 Å². The van der Waals surface area contributed by atoms with Crippen molar-refractivity contribution in [1.82, 2.24) is 19.9 Å². The number of anilines is 2. The van der Waals surface area contributed by atoms with Gasteiger partial charge in [-0.25, -0.2) is 18.2 Å². The lowest BCUT2D eigenvalue weighted by Gasteiger charge is -2.31. The molecule has 4 saturated heterocycles. The summed E-state index contributed by atoms with van der Waals surface area (Å²) in [5.41, 5.74) is 6.25. The van der Waals surface area contributed by atoms with Crippen molar-refractivity contribution in [1.29, 1.82) is 0 Å². The molecule has 12 heteroatoms. The first kappa shape index (κ1) is 27.6. The highest BCUT2D eigenvalue weighted by Crippen LogP contribution is 2.45. The van der Waals surface area contributed by atoms with E-state index in [0.717, 1.165) is 43.8 Å². The van der Waals surface area contributed by atoms with Crippen molar-refractivity contribution in [2.45, 2.75) is 56.7 Å². The van der Waals surface area contributed by atoms with Crippen molar-refractivity contribution < 1.29 is 17.9 Å². The quantitative estimate of drug-likeness (QED) is 0.255. The minimum atomic E-state index is -0.890. The van der Waals surface area contributed by atoms with E-state index in [-0.39, 0.29) is 44.1 Å². The molecular formula is C31H32ClF3N6OS. The number of aromatic nitrogens is 3. The van der Waals surface area contributed by atoms with Crippen LogP contribution in [-0.2, 0) is 0 Å². The Balaban J connectivity index is 1.27. The molecule has 0 amide bonds. The number of fused-ring (bicyclic) bond motifs is 7. The van der Waals surface area contributed by atoms with Crippen molar-refractivity contribution in [3.05, 3.63) is 34.9 Å². The molecule has 2 aromatic heterocycles. The van der Waals surface area contributed by atoms with Crippen molar-refractivity contribution in [3.8, 4) is 17.1 Å². The molecule has 5 aliphatic rings. The Bertz CT molecular complexity index is 1730. The van der Waals surface area contributed by atoms with Crippen LogP contribution in [0, 0.1) is 23.5 Å². The van der Waals surface area contributed by atoms with Gasteiger partial charge in [-0.3, -0.25) is 4.90 Å². The molecular weight excluding hydrogens is 597 g/mol. The minimum absolute atomic E-state index is 0.0666. The number of nitrogen functional groups attached to an aromatic ring is 1. The van der Waals surface area contributed by atoms with E-state index in [4.69, 9.17) is 27.1 Å². The average molecular weight is 629 g/mol. The number of rotatable bonds is 5. The number of halogens is 4. The van der Waals surface area contributed by atoms with Gasteiger partial charge in [0.05, 0.1) is 20.8 Å². The third-order valence-electron chi connectivity index (χ3n) is 10.1. The first-order chi connectivity index (χ1) is 20.8. The Hall–Kier alpha value is -2.89. The summed E-state index contributed by atoms with van der Waals surface area (Å²) < 4.78 is 52.3. The number of alkyl halides is 1. The first-order valence-corrected chi connectivity index (χ1v) is 16.3. The summed E-state index contributed by atoms with van der Waals surface area (Å²) in [5, 5.41) is 0.833. The zero-order valence-electron chi connectivity index (χ0n) is 23.6. The summed E-state index contributed by atoms with van der Waals surface area (Å²) in [4.78, 5) is 18.2. The molecule has 0 spiro atoms. The van der Waals surface area contributed by atoms with E-state index < -0.39 is 23.3 Å². The normalized spacial score (nSPS) is 27.3. The largest absolute Gasteiger partial charge is 0.461 e. The molecule has 2 bridgehead atoms. The average Bonchev–Trinajstić information content (AvgIpc) is 3.54. The van der Waals surface area contributed by atoms with Crippen LogP contribution >= 0.6 is 22.9 Å². The highest BCUT2D eigenvalue weighted by molar-refractivity contribution is 7.22. The van der Waals surface area contributed by atoms with Gasteiger partial charge in [0.25, 0.3) is 0 Å². The molecule has 9 rings (SSSR count). The molecule has 5 fully saturated rings. The zero-order valence-corrected chi connectivity index (χ0v) is 25.2. The van der Waals surface area contributed by atoms with E-state index in [2.05, 4.69) is 19.8 Å². The van der Waals surface area contributed by atoms with E-state index in [1.807, 2.05) is 0 Å². The van der Waals surface area contributed by atoms with Gasteiger partial charge in [0, 0.05) is 42.6 Å². The maximum atomic E-state index is 16.8. The van der Waals surface area contributed by atoms with E-state index in [1.54, 1.807) is 6.07 Å². The Morgan fingerprint density at radius 3 is 2.58 bits per heavy atom. The minimum Gasteiger partial charge on any atom is -0.461 e. The van der Waals surface area contributed by atoms with Crippen LogP contribution in [0.15, 0.2) is 18.2 Å². The Kier molecular flexibility index (Phi) is 6.65. The third kappa shape index (κ3) is 4.61. The second-order valence-corrected chi connectivity index (χ2v) is 14.2. The van der Waals surface area contributed by atoms with Crippen molar-refractivity contribution in [3.63, 3.8) is 0 Å². The monoisotopic (exact) mass is 628 g/mol. The predicted molar refractivity (Wildman–Crippen MR) is 164 cm³/mol. The van der Waals surface area contributed by atoms with Crippen LogP contribution in [0.2, 0.25) is 5.02 Å². The van der Waals surface area contributed by atoms with E-state index in [0.29, 0.717) is 41.6 Å². The molecule has 6 heterocycles. The lowest BCUT2D eigenvalue weighted by atomic mass is 9.84. The lowest BCUT2D eigenvalue weighted by Crippen LogP contribution is -2.43. The van der Waals surface area contributed by atoms with Crippen LogP contribution in [0.3, 0.4) is 0 Å². The third-order valence-corrected chi connectivity index (χ3v) is 11.3. The Morgan fingerprint density at radius 2 is 1.81 bits per heavy atom. The molecule has 226 valence electrons. The fourth-order valence-corrected chi connectivity index (χ4v) is 9.08. The number of thiazole rings is 1. The number of nitrogens with two attached hydrogens (primary N) is 1. The second-order valence-electron chi connectivity index (χ2n) is 12.8. The second kappa shape index (κ2) is 10.3. The molecule has 0 radical (unpaired) electrons. The summed E-state index contributed by atoms with van der Waals surface area (Å²) in [5.74, 6) is 0.550. The topological polar surface area (TPSA) is 80.4 Å². The molecule has 0 unspecified atom stereocenters. The summed E-state index contributed by atoms with van der Waals surface area (Å²) in [6, 6.07) is 4.51. The first-order valence-electron chi connectivity index (χ1n) is 15.1. The van der Waals surface area contributed by atoms with E-state index in [9.17, 15) is 8.78 Å². The van der Waals surface area contributed by atoms with E-state index >= 15 is 4.39 Å². The SMILES string of the molecule is Nc1nc2c(-c3c(Cl)cc4c(N5CC6CCC(CC6)C5)nc(OC[C@@]56CCCN5C[C@H](F)C6)nc4c3F)ccc(F)c2s1. The fourth-order valence-electron chi connectivity index (χ4n) is 8.02. The van der Waals surface area contributed by atoms with Gasteiger partial charge in [0.2, 0.25) is 0 Å². The number of ether oxygens (including phenoxy) is 1. The maximum Gasteiger partial charge on any atom is 0.319 e. The number of hydrogen-bond donors (Lipinski definition) is 1. The van der Waals surface area contributed by atoms with Crippen LogP contribution in [0.5, 0.6) is 6.01 Å². The molecule has 2 atom stereocenters. The van der Waals surface area contributed by atoms with Crippen molar-refractivity contribution in [2.24, 2.45) is 11.8 Å². The molecule has 2 N–H and O–H groups in total. The van der Waals surface area contributed by atoms with Crippen LogP contribution in [-0.4, -0.2) is 64.3 Å². The molecule has 2 aromatic carbocycles. The van der Waals surface area contributed by atoms with Gasteiger partial charge >= 0.3 is 6.01 Å². The van der Waals surface area contributed by atoms with E-state index in [1.165, 1.54) is 37.8 Å². The molecule has 4 aromatic rings. The fraction of sp³-hybridized carbons (Fsp3) is 0.516. The zero-order chi connectivity index (χ0) is 29.5. The van der Waals surface area contributed by atoms with Gasteiger partial charge < -0.3 is 15.4 Å². The predicted octanol–water partition coefficient (Wildman–Crippen LogP) is 7.00. The van der Waals surface area contributed by atoms with Crippen molar-refractivity contribution >= 4 is 55.0 Å². The molecule has 43 heavy (non-hydrogen) atoms. The van der Waals surface area contributed by atoms with Gasteiger partial charge in [-0.1, -0.05) is 22.9 Å².